The summed E-state index contributed by atoms with van der Waals surface area (Å²) in [5.41, 5.74) is 0.0922. The molecule has 0 bridgehead atoms. The largest absolute Gasteiger partial charge is 0.346 e. The average Bonchev–Trinajstić information content (AvgIpc) is 2.75. The third-order valence-electron chi connectivity index (χ3n) is 4.78. The maximum absolute atomic E-state index is 13.8. The second-order valence-corrected chi connectivity index (χ2v) is 7.00. The van der Waals surface area contributed by atoms with Crippen LogP contribution in [0.1, 0.15) is 10.4 Å². The van der Waals surface area contributed by atoms with Gasteiger partial charge in [-0.15, -0.1) is 0 Å². The third-order valence-corrected chi connectivity index (χ3v) is 4.78. The minimum absolute atomic E-state index is 0.0146. The highest BCUT2D eigenvalue weighted by atomic mass is 19.2. The number of benzene rings is 2. The lowest BCUT2D eigenvalue weighted by atomic mass is 10.1. The van der Waals surface area contributed by atoms with Crippen LogP contribution in [0.25, 0.3) is 0 Å². The molecule has 10 heteroatoms. The van der Waals surface area contributed by atoms with Crippen molar-refractivity contribution < 1.29 is 27.6 Å². The molecule has 2 aromatic rings. The van der Waals surface area contributed by atoms with Crippen LogP contribution in [-0.4, -0.2) is 66.8 Å². The minimum atomic E-state index is -1.09. The summed E-state index contributed by atoms with van der Waals surface area (Å²) in [6.07, 6.45) is 0. The molecule has 0 aliphatic carbocycles. The van der Waals surface area contributed by atoms with E-state index in [9.17, 15) is 27.6 Å². The van der Waals surface area contributed by atoms with Crippen LogP contribution in [0, 0.1) is 17.5 Å². The van der Waals surface area contributed by atoms with Gasteiger partial charge in [-0.3, -0.25) is 19.3 Å². The molecule has 0 aromatic heterocycles. The van der Waals surface area contributed by atoms with Crippen molar-refractivity contribution >= 4 is 23.4 Å². The lowest BCUT2D eigenvalue weighted by Crippen LogP contribution is -2.51. The quantitative estimate of drug-likeness (QED) is 0.724. The Morgan fingerprint density at radius 3 is 2.23 bits per heavy atom. The first-order valence-electron chi connectivity index (χ1n) is 9.61. The average molecular weight is 434 g/mol. The van der Waals surface area contributed by atoms with E-state index in [-0.39, 0.29) is 24.3 Å². The highest BCUT2D eigenvalue weighted by Gasteiger charge is 2.24. The molecule has 0 atom stereocenters. The van der Waals surface area contributed by atoms with Gasteiger partial charge in [0.1, 0.15) is 5.82 Å². The van der Waals surface area contributed by atoms with Crippen molar-refractivity contribution in [2.75, 3.05) is 44.6 Å². The summed E-state index contributed by atoms with van der Waals surface area (Å²) in [5, 5.41) is 4.81. The van der Waals surface area contributed by atoms with Crippen molar-refractivity contribution in [1.82, 2.24) is 15.1 Å². The van der Waals surface area contributed by atoms with Crippen molar-refractivity contribution in [1.29, 1.82) is 0 Å². The summed E-state index contributed by atoms with van der Waals surface area (Å²) in [6, 6.07) is 8.72. The molecule has 164 valence electrons. The zero-order valence-electron chi connectivity index (χ0n) is 16.5. The van der Waals surface area contributed by atoms with Crippen LogP contribution in [0.2, 0.25) is 0 Å². The van der Waals surface area contributed by atoms with Crippen LogP contribution in [0.3, 0.4) is 0 Å². The molecule has 0 radical (unpaired) electrons. The van der Waals surface area contributed by atoms with Crippen molar-refractivity contribution in [3.8, 4) is 0 Å². The number of carbonyl (C=O) groups excluding carboxylic acids is 3. The van der Waals surface area contributed by atoms with E-state index in [0.29, 0.717) is 26.2 Å². The lowest BCUT2D eigenvalue weighted by molar-refractivity contribution is -0.125. The maximum atomic E-state index is 13.8. The Hall–Kier alpha value is -3.40. The number of piperazine rings is 1. The number of hydrogen-bond donors (Lipinski definition) is 2. The van der Waals surface area contributed by atoms with Crippen LogP contribution in [0.15, 0.2) is 42.5 Å². The first kappa shape index (κ1) is 22.3. The fourth-order valence-corrected chi connectivity index (χ4v) is 3.13. The van der Waals surface area contributed by atoms with Crippen molar-refractivity contribution in [2.24, 2.45) is 0 Å². The maximum Gasteiger partial charge on any atom is 0.256 e. The molecule has 1 heterocycles. The molecule has 0 spiro atoms. The van der Waals surface area contributed by atoms with E-state index in [4.69, 9.17) is 0 Å². The van der Waals surface area contributed by atoms with Gasteiger partial charge in [0.05, 0.1) is 18.7 Å². The molecule has 0 unspecified atom stereocenters. The summed E-state index contributed by atoms with van der Waals surface area (Å²) in [7, 11) is 0. The topological polar surface area (TPSA) is 81.8 Å². The number of amides is 3. The number of halogens is 3. The molecule has 7 nitrogen and oxygen atoms in total. The molecule has 1 saturated heterocycles. The van der Waals surface area contributed by atoms with Gasteiger partial charge in [-0.1, -0.05) is 12.1 Å². The number of rotatable bonds is 6. The van der Waals surface area contributed by atoms with E-state index >= 15 is 0 Å². The molecule has 0 saturated carbocycles. The Labute approximate surface area is 176 Å². The smallest absolute Gasteiger partial charge is 0.256 e. The van der Waals surface area contributed by atoms with Crippen LogP contribution in [-0.2, 0) is 9.59 Å². The Bertz CT molecular complexity index is 978. The van der Waals surface area contributed by atoms with E-state index in [0.717, 1.165) is 12.1 Å². The summed E-state index contributed by atoms with van der Waals surface area (Å²) in [4.78, 5) is 39.7. The van der Waals surface area contributed by atoms with Gasteiger partial charge in [0.15, 0.2) is 11.6 Å². The van der Waals surface area contributed by atoms with E-state index in [1.807, 2.05) is 4.90 Å². The Morgan fingerprint density at radius 1 is 0.839 bits per heavy atom. The zero-order valence-corrected chi connectivity index (χ0v) is 16.5. The van der Waals surface area contributed by atoms with Gasteiger partial charge in [0.25, 0.3) is 5.91 Å². The van der Waals surface area contributed by atoms with Crippen molar-refractivity contribution in [3.63, 3.8) is 0 Å². The fraction of sp³-hybridized carbons (Fsp3) is 0.286. The summed E-state index contributed by atoms with van der Waals surface area (Å²) < 4.78 is 39.8. The number of nitrogens with one attached hydrogen (secondary N) is 2. The number of anilines is 1. The monoisotopic (exact) mass is 434 g/mol. The zero-order chi connectivity index (χ0) is 22.4. The van der Waals surface area contributed by atoms with E-state index < -0.39 is 35.2 Å². The Morgan fingerprint density at radius 2 is 1.55 bits per heavy atom. The normalized spacial score (nSPS) is 14.2. The van der Waals surface area contributed by atoms with Gasteiger partial charge in [0.2, 0.25) is 11.8 Å². The molecular formula is C21H21F3N4O3. The molecule has 1 aliphatic rings. The van der Waals surface area contributed by atoms with Crippen LogP contribution >= 0.6 is 0 Å². The molecule has 3 rings (SSSR count). The minimum Gasteiger partial charge on any atom is -0.346 e. The van der Waals surface area contributed by atoms with Gasteiger partial charge in [0, 0.05) is 37.9 Å². The fourth-order valence-electron chi connectivity index (χ4n) is 3.13. The molecule has 2 N–H and O–H groups in total. The van der Waals surface area contributed by atoms with Gasteiger partial charge >= 0.3 is 0 Å². The van der Waals surface area contributed by atoms with Gasteiger partial charge < -0.3 is 15.5 Å². The number of hydrogen-bond acceptors (Lipinski definition) is 4. The second kappa shape index (κ2) is 10.1. The predicted molar refractivity (Wildman–Crippen MR) is 107 cm³/mol. The lowest BCUT2D eigenvalue weighted by Gasteiger charge is -2.34. The SMILES string of the molecule is O=C(CN1CCN(C(=O)c2ccccc2F)CC1)NCC(=O)Nc1ccc(F)c(F)c1. The van der Waals surface area contributed by atoms with Gasteiger partial charge in [-0.05, 0) is 24.3 Å². The van der Waals surface area contributed by atoms with Crippen LogP contribution < -0.4 is 10.6 Å². The highest BCUT2D eigenvalue weighted by molar-refractivity contribution is 5.95. The van der Waals surface area contributed by atoms with Crippen molar-refractivity contribution in [2.45, 2.75) is 0 Å². The molecule has 1 fully saturated rings. The number of nitrogens with zero attached hydrogens (tertiary/aromatic N) is 2. The van der Waals surface area contributed by atoms with Crippen LogP contribution in [0.4, 0.5) is 18.9 Å². The van der Waals surface area contributed by atoms with E-state index in [2.05, 4.69) is 10.6 Å². The summed E-state index contributed by atoms with van der Waals surface area (Å²) >= 11 is 0. The van der Waals surface area contributed by atoms with Gasteiger partial charge in [-0.2, -0.15) is 0 Å². The molecular weight excluding hydrogens is 413 g/mol. The van der Waals surface area contributed by atoms with E-state index in [1.54, 1.807) is 6.07 Å². The first-order valence-corrected chi connectivity index (χ1v) is 9.61. The molecule has 1 aliphatic heterocycles. The molecule has 3 amide bonds. The summed E-state index contributed by atoms with van der Waals surface area (Å²) in [5.74, 6) is -4.06. The third kappa shape index (κ3) is 6.05. The predicted octanol–water partition coefficient (Wildman–Crippen LogP) is 1.62. The van der Waals surface area contributed by atoms with Crippen molar-refractivity contribution in [3.05, 3.63) is 65.5 Å². The van der Waals surface area contributed by atoms with Crippen LogP contribution in [0.5, 0.6) is 0 Å². The summed E-state index contributed by atoms with van der Waals surface area (Å²) in [6.45, 7) is 1.24. The standard InChI is InChI=1S/C21H21F3N4O3/c22-16-4-2-1-3-15(16)21(31)28-9-7-27(8-10-28)13-20(30)25-12-19(29)26-14-5-6-17(23)18(24)11-14/h1-6,11H,7-10,12-13H2,(H,25,30)(H,26,29). The molecule has 2 aromatic carbocycles. The van der Waals surface area contributed by atoms with Gasteiger partial charge in [-0.25, -0.2) is 13.2 Å². The second-order valence-electron chi connectivity index (χ2n) is 7.00. The first-order chi connectivity index (χ1) is 14.8. The number of carbonyl (C=O) groups is 3. The Balaban J connectivity index is 1.39. The molecule has 31 heavy (non-hydrogen) atoms. The van der Waals surface area contributed by atoms with E-state index in [1.165, 1.54) is 29.2 Å². The highest BCUT2D eigenvalue weighted by Crippen LogP contribution is 2.13. The Kier molecular flexibility index (Phi) is 7.24.